The standard InChI is InChI=1S/C21H17N2.C11H20O2.Ir/c1-15-6-5-7-17(12-15)19-9-8-18-13-16(2)21(14-20(18)22-19)23-10-3-4-11-23;1-10(2,3)8(12)7-9(13)11(4,5)6;/h3-6,8-14H,1-2H3;7,12H,1-6H3;/q-1;;/b;8-7-;. The van der Waals surface area contributed by atoms with Gasteiger partial charge in [0.2, 0.25) is 0 Å². The normalized spacial score (nSPS) is 11.9. The van der Waals surface area contributed by atoms with E-state index in [-0.39, 0.29) is 37.1 Å². The number of ketones is 1. The van der Waals surface area contributed by atoms with Gasteiger partial charge in [0.25, 0.3) is 0 Å². The van der Waals surface area contributed by atoms with Crippen molar-refractivity contribution in [1.82, 2.24) is 9.55 Å². The van der Waals surface area contributed by atoms with Crippen LogP contribution in [0.25, 0.3) is 27.8 Å². The van der Waals surface area contributed by atoms with Gasteiger partial charge >= 0.3 is 0 Å². The number of aliphatic hydroxyl groups is 1. The quantitative estimate of drug-likeness (QED) is 0.136. The molecule has 0 amide bonds. The van der Waals surface area contributed by atoms with Gasteiger partial charge in [-0.05, 0) is 47.8 Å². The number of carbonyl (C=O) groups excluding carboxylic acids is 1. The van der Waals surface area contributed by atoms with Gasteiger partial charge in [-0.1, -0.05) is 60.6 Å². The van der Waals surface area contributed by atoms with E-state index in [0.717, 1.165) is 22.2 Å². The molecule has 2 aromatic carbocycles. The van der Waals surface area contributed by atoms with Gasteiger partial charge in [0.1, 0.15) is 5.76 Å². The first-order chi connectivity index (χ1) is 16.8. The topological polar surface area (TPSA) is 55.1 Å². The molecule has 0 atom stereocenters. The number of nitrogens with zero attached hydrogens (tertiary/aromatic N) is 2. The Morgan fingerprint density at radius 3 is 2.16 bits per heavy atom. The van der Waals surface area contributed by atoms with Gasteiger partial charge in [0.05, 0.1) is 5.52 Å². The van der Waals surface area contributed by atoms with E-state index in [4.69, 9.17) is 4.98 Å². The third kappa shape index (κ3) is 7.98. The molecular formula is C32H37IrN2O2-. The predicted molar refractivity (Wildman–Crippen MR) is 149 cm³/mol. The van der Waals surface area contributed by atoms with E-state index in [1.807, 2.05) is 59.7 Å². The second kappa shape index (κ2) is 12.0. The van der Waals surface area contributed by atoms with Crippen LogP contribution in [0.1, 0.15) is 52.7 Å². The summed E-state index contributed by atoms with van der Waals surface area (Å²) in [5.74, 6) is 0.104. The summed E-state index contributed by atoms with van der Waals surface area (Å²) in [6.07, 6.45) is 5.46. The van der Waals surface area contributed by atoms with Crippen molar-refractivity contribution in [2.45, 2.75) is 55.4 Å². The van der Waals surface area contributed by atoms with Crippen molar-refractivity contribution in [1.29, 1.82) is 0 Å². The number of aromatic nitrogens is 2. The SMILES string of the molecule is CC(C)(C)C(=O)/C=C(\O)C(C)(C)C.Cc1cc[c-]c(-c2ccc3cc(C)c(-n4cccc4)cc3n2)c1.[Ir]. The maximum atomic E-state index is 11.5. The summed E-state index contributed by atoms with van der Waals surface area (Å²) in [6, 6.07) is 22.0. The molecular weight excluding hydrogens is 637 g/mol. The number of aliphatic hydroxyl groups excluding tert-OH is 1. The fraction of sp³-hybridized carbons (Fsp3) is 0.312. The number of pyridine rings is 1. The maximum absolute atomic E-state index is 11.5. The number of carbonyl (C=O) groups is 1. The molecule has 37 heavy (non-hydrogen) atoms. The monoisotopic (exact) mass is 674 g/mol. The molecule has 0 bridgehead atoms. The Balaban J connectivity index is 0.000000299. The van der Waals surface area contributed by atoms with Crippen molar-refractivity contribution in [3.63, 3.8) is 0 Å². The fourth-order valence-corrected chi connectivity index (χ4v) is 3.48. The Kier molecular flexibility index (Phi) is 9.82. The molecule has 2 heterocycles. The second-order valence-corrected chi connectivity index (χ2v) is 11.3. The van der Waals surface area contributed by atoms with E-state index in [9.17, 15) is 9.90 Å². The molecule has 1 N–H and O–H groups in total. The maximum Gasteiger partial charge on any atom is 0.164 e. The summed E-state index contributed by atoms with van der Waals surface area (Å²) >= 11 is 0. The summed E-state index contributed by atoms with van der Waals surface area (Å²) in [4.78, 5) is 16.3. The third-order valence-corrected chi connectivity index (χ3v) is 5.90. The Morgan fingerprint density at radius 2 is 1.59 bits per heavy atom. The molecule has 1 radical (unpaired) electrons. The molecule has 0 aliphatic rings. The molecule has 4 nitrogen and oxygen atoms in total. The number of benzene rings is 2. The van der Waals surface area contributed by atoms with Crippen molar-refractivity contribution < 1.29 is 30.0 Å². The van der Waals surface area contributed by atoms with E-state index >= 15 is 0 Å². The van der Waals surface area contributed by atoms with Crippen LogP contribution < -0.4 is 0 Å². The van der Waals surface area contributed by atoms with Gasteiger partial charge in [-0.2, -0.15) is 0 Å². The summed E-state index contributed by atoms with van der Waals surface area (Å²) in [5, 5.41) is 10.7. The van der Waals surface area contributed by atoms with Crippen molar-refractivity contribution in [2.75, 3.05) is 0 Å². The molecule has 0 aliphatic carbocycles. The molecule has 0 aliphatic heterocycles. The second-order valence-electron chi connectivity index (χ2n) is 11.3. The zero-order valence-electron chi connectivity index (χ0n) is 23.0. The van der Waals surface area contributed by atoms with Crippen LogP contribution in [0.3, 0.4) is 0 Å². The average molecular weight is 674 g/mol. The Hall–Kier alpha value is -3.01. The number of hydrogen-bond donors (Lipinski definition) is 1. The van der Waals surface area contributed by atoms with Crippen molar-refractivity contribution in [3.8, 4) is 16.9 Å². The minimum absolute atomic E-state index is 0. The van der Waals surface area contributed by atoms with Crippen LogP contribution in [-0.2, 0) is 24.9 Å². The van der Waals surface area contributed by atoms with Crippen molar-refractivity contribution in [3.05, 3.63) is 96.0 Å². The predicted octanol–water partition coefficient (Wildman–Crippen LogP) is 8.20. The van der Waals surface area contributed by atoms with Crippen LogP contribution >= 0.6 is 0 Å². The van der Waals surface area contributed by atoms with E-state index in [1.54, 1.807) is 0 Å². The Bertz CT molecular complexity index is 1390. The summed E-state index contributed by atoms with van der Waals surface area (Å²) in [5.41, 5.74) is 5.87. The molecule has 197 valence electrons. The van der Waals surface area contributed by atoms with E-state index < -0.39 is 5.41 Å². The molecule has 0 spiro atoms. The first-order valence-corrected chi connectivity index (χ1v) is 12.2. The number of hydrogen-bond acceptors (Lipinski definition) is 3. The molecule has 4 rings (SSSR count). The van der Waals surface area contributed by atoms with Crippen molar-refractivity contribution >= 4 is 16.7 Å². The minimum Gasteiger partial charge on any atom is -0.512 e. The first-order valence-electron chi connectivity index (χ1n) is 12.2. The summed E-state index contributed by atoms with van der Waals surface area (Å²) in [7, 11) is 0. The van der Waals surface area contributed by atoms with Gasteiger partial charge in [0, 0.05) is 55.1 Å². The van der Waals surface area contributed by atoms with Gasteiger partial charge in [0.15, 0.2) is 5.78 Å². The van der Waals surface area contributed by atoms with Crippen LogP contribution in [0.5, 0.6) is 0 Å². The molecule has 0 saturated heterocycles. The van der Waals surface area contributed by atoms with Gasteiger partial charge in [-0.15, -0.1) is 35.4 Å². The molecule has 0 unspecified atom stereocenters. The average Bonchev–Trinajstić information content (AvgIpc) is 3.32. The molecule has 0 saturated carbocycles. The largest absolute Gasteiger partial charge is 0.512 e. The van der Waals surface area contributed by atoms with Gasteiger partial charge in [-0.25, -0.2) is 0 Å². The van der Waals surface area contributed by atoms with Crippen LogP contribution in [0.4, 0.5) is 0 Å². The van der Waals surface area contributed by atoms with Crippen LogP contribution in [0.2, 0.25) is 0 Å². The number of rotatable bonds is 3. The summed E-state index contributed by atoms with van der Waals surface area (Å²) < 4.78 is 2.13. The zero-order valence-corrected chi connectivity index (χ0v) is 25.4. The van der Waals surface area contributed by atoms with E-state index in [1.165, 1.54) is 22.9 Å². The third-order valence-electron chi connectivity index (χ3n) is 5.90. The van der Waals surface area contributed by atoms with Crippen LogP contribution in [0.15, 0.2) is 78.8 Å². The van der Waals surface area contributed by atoms with Gasteiger partial charge in [-0.3, -0.25) is 9.78 Å². The smallest absolute Gasteiger partial charge is 0.164 e. The molecule has 4 aromatic rings. The molecule has 0 fully saturated rings. The molecule has 5 heteroatoms. The van der Waals surface area contributed by atoms with E-state index in [2.05, 4.69) is 73.3 Å². The fourth-order valence-electron chi connectivity index (χ4n) is 3.48. The number of fused-ring (bicyclic) bond motifs is 1. The Labute approximate surface area is 234 Å². The number of allylic oxidation sites excluding steroid dienone is 2. The first kappa shape index (κ1) is 30.2. The Morgan fingerprint density at radius 1 is 0.946 bits per heavy atom. The zero-order chi connectivity index (χ0) is 26.7. The van der Waals surface area contributed by atoms with Crippen molar-refractivity contribution in [2.24, 2.45) is 10.8 Å². The van der Waals surface area contributed by atoms with E-state index in [0.29, 0.717) is 0 Å². The van der Waals surface area contributed by atoms with Crippen LogP contribution in [0, 0.1) is 30.7 Å². The number of aryl methyl sites for hydroxylation is 2. The molecule has 2 aromatic heterocycles. The van der Waals surface area contributed by atoms with Crippen LogP contribution in [-0.4, -0.2) is 20.4 Å². The van der Waals surface area contributed by atoms with Gasteiger partial charge < -0.3 is 9.67 Å². The minimum atomic E-state index is -0.417. The summed E-state index contributed by atoms with van der Waals surface area (Å²) in [6.45, 7) is 15.3.